The number of halogens is 2. The molecule has 2 heterocycles. The number of hydrogen-bond donors (Lipinski definition) is 1. The van der Waals surface area contributed by atoms with E-state index in [9.17, 15) is 17.6 Å². The highest BCUT2D eigenvalue weighted by Gasteiger charge is 2.30. The highest BCUT2D eigenvalue weighted by molar-refractivity contribution is 7.89. The van der Waals surface area contributed by atoms with Gasteiger partial charge in [-0.3, -0.25) is 4.79 Å². The van der Waals surface area contributed by atoms with E-state index in [2.05, 4.69) is 5.32 Å². The quantitative estimate of drug-likeness (QED) is 0.833. The zero-order chi connectivity index (χ0) is 19.8. The van der Waals surface area contributed by atoms with E-state index in [4.69, 9.17) is 11.6 Å². The first-order chi connectivity index (χ1) is 12.7. The maximum Gasteiger partial charge on any atom is 0.272 e. The zero-order valence-corrected chi connectivity index (χ0v) is 16.6. The molecule has 27 heavy (non-hydrogen) atoms. The van der Waals surface area contributed by atoms with Crippen LogP contribution in [0.2, 0.25) is 5.02 Å². The Bertz CT molecular complexity index is 974. The third kappa shape index (κ3) is 4.17. The zero-order valence-electron chi connectivity index (χ0n) is 15.1. The second-order valence-electron chi connectivity index (χ2n) is 6.86. The van der Waals surface area contributed by atoms with Crippen LogP contribution in [0.4, 0.5) is 10.1 Å². The second-order valence-corrected chi connectivity index (χ2v) is 9.21. The minimum absolute atomic E-state index is 0.0627. The lowest BCUT2D eigenvalue weighted by atomic mass is 10.0. The number of carbonyl (C=O) groups excluding carboxylic acids is 1. The van der Waals surface area contributed by atoms with Crippen LogP contribution >= 0.6 is 11.6 Å². The first kappa shape index (κ1) is 19.9. The van der Waals surface area contributed by atoms with Crippen LogP contribution in [0.3, 0.4) is 0 Å². The molecule has 0 radical (unpaired) electrons. The van der Waals surface area contributed by atoms with Gasteiger partial charge < -0.3 is 9.88 Å². The number of carbonyl (C=O) groups is 1. The summed E-state index contributed by atoms with van der Waals surface area (Å²) in [5, 5.41) is 2.64. The Kier molecular flexibility index (Phi) is 5.60. The maximum absolute atomic E-state index is 13.1. The van der Waals surface area contributed by atoms with E-state index in [1.54, 1.807) is 7.05 Å². The molecule has 1 N–H and O–H groups in total. The van der Waals surface area contributed by atoms with Crippen LogP contribution in [0.5, 0.6) is 0 Å². The fourth-order valence-electron chi connectivity index (χ4n) is 3.19. The van der Waals surface area contributed by atoms with Gasteiger partial charge in [-0.1, -0.05) is 18.5 Å². The van der Waals surface area contributed by atoms with E-state index in [-0.39, 0.29) is 21.3 Å². The number of anilines is 1. The summed E-state index contributed by atoms with van der Waals surface area (Å²) in [5.41, 5.74) is 0.414. The van der Waals surface area contributed by atoms with Gasteiger partial charge in [0.2, 0.25) is 10.0 Å². The fourth-order valence-corrected chi connectivity index (χ4v) is 5.08. The van der Waals surface area contributed by atoms with Gasteiger partial charge in [0.05, 0.1) is 10.7 Å². The molecule has 0 saturated carbocycles. The Morgan fingerprint density at radius 1 is 1.33 bits per heavy atom. The summed E-state index contributed by atoms with van der Waals surface area (Å²) in [6.07, 6.45) is 3.26. The average Bonchev–Trinajstić information content (AvgIpc) is 3.00. The number of aryl methyl sites for hydroxylation is 1. The van der Waals surface area contributed by atoms with Crippen molar-refractivity contribution in [2.45, 2.75) is 24.7 Å². The van der Waals surface area contributed by atoms with Crippen molar-refractivity contribution in [1.82, 2.24) is 8.87 Å². The summed E-state index contributed by atoms with van der Waals surface area (Å²) < 4.78 is 41.8. The molecular formula is C18H21ClFN3O3S. The molecule has 1 saturated heterocycles. The van der Waals surface area contributed by atoms with Crippen molar-refractivity contribution in [2.24, 2.45) is 13.0 Å². The largest absolute Gasteiger partial charge is 0.345 e. The summed E-state index contributed by atoms with van der Waals surface area (Å²) in [5.74, 6) is -0.735. The molecule has 2 aromatic rings. The van der Waals surface area contributed by atoms with E-state index in [1.807, 2.05) is 6.92 Å². The molecule has 0 bridgehead atoms. The Labute approximate surface area is 163 Å². The van der Waals surface area contributed by atoms with E-state index in [1.165, 1.54) is 33.3 Å². The molecule has 1 aliphatic rings. The number of piperidine rings is 1. The van der Waals surface area contributed by atoms with Crippen LogP contribution in [-0.4, -0.2) is 36.3 Å². The van der Waals surface area contributed by atoms with Gasteiger partial charge in [0.1, 0.15) is 16.4 Å². The van der Waals surface area contributed by atoms with Gasteiger partial charge in [-0.05, 0) is 43.0 Å². The average molecular weight is 414 g/mol. The van der Waals surface area contributed by atoms with Gasteiger partial charge >= 0.3 is 0 Å². The molecular weight excluding hydrogens is 393 g/mol. The van der Waals surface area contributed by atoms with Crippen molar-refractivity contribution >= 4 is 33.2 Å². The van der Waals surface area contributed by atoms with Crippen LogP contribution < -0.4 is 5.32 Å². The summed E-state index contributed by atoms with van der Waals surface area (Å²) in [4.78, 5) is 12.6. The van der Waals surface area contributed by atoms with Crippen molar-refractivity contribution in [1.29, 1.82) is 0 Å². The highest BCUT2D eigenvalue weighted by Crippen LogP contribution is 2.26. The number of aromatic nitrogens is 1. The van der Waals surface area contributed by atoms with Crippen molar-refractivity contribution < 1.29 is 17.6 Å². The maximum atomic E-state index is 13.1. The predicted molar refractivity (Wildman–Crippen MR) is 102 cm³/mol. The van der Waals surface area contributed by atoms with Gasteiger partial charge in [0.15, 0.2) is 0 Å². The molecule has 0 aliphatic carbocycles. The SMILES string of the molecule is C[C@@H]1CCCN(S(=O)(=O)c2cc(C(=O)Nc3ccc(F)cc3Cl)n(C)c2)C1. The number of nitrogens with one attached hydrogen (secondary N) is 1. The lowest BCUT2D eigenvalue weighted by molar-refractivity contribution is 0.101. The van der Waals surface area contributed by atoms with Crippen LogP contribution in [0, 0.1) is 11.7 Å². The minimum atomic E-state index is -3.66. The standard InChI is InChI=1S/C18H21ClFN3O3S/c1-12-4-3-7-23(10-12)27(25,26)14-9-17(22(2)11-14)18(24)21-16-6-5-13(20)8-15(16)19/h5-6,8-9,11-12H,3-4,7,10H2,1-2H3,(H,21,24)/t12-/m1/s1. The minimum Gasteiger partial charge on any atom is -0.345 e. The molecule has 6 nitrogen and oxygen atoms in total. The molecule has 0 unspecified atom stereocenters. The number of rotatable bonds is 4. The van der Waals surface area contributed by atoms with Crippen LogP contribution in [0.15, 0.2) is 35.4 Å². The lowest BCUT2D eigenvalue weighted by Crippen LogP contribution is -2.38. The number of sulfonamides is 1. The third-order valence-corrected chi connectivity index (χ3v) is 6.79. The molecule has 1 aromatic heterocycles. The summed E-state index contributed by atoms with van der Waals surface area (Å²) in [6.45, 7) is 2.98. The van der Waals surface area contributed by atoms with Crippen LogP contribution in [0.1, 0.15) is 30.3 Å². The molecule has 1 aromatic carbocycles. The fraction of sp³-hybridized carbons (Fsp3) is 0.389. The summed E-state index contributed by atoms with van der Waals surface area (Å²) in [6, 6.07) is 4.97. The first-order valence-corrected chi connectivity index (χ1v) is 10.4. The number of nitrogens with zero attached hydrogens (tertiary/aromatic N) is 2. The highest BCUT2D eigenvalue weighted by atomic mass is 35.5. The van der Waals surface area contributed by atoms with Crippen molar-refractivity contribution in [2.75, 3.05) is 18.4 Å². The Morgan fingerprint density at radius 2 is 2.07 bits per heavy atom. The third-order valence-electron chi connectivity index (χ3n) is 4.65. The first-order valence-electron chi connectivity index (χ1n) is 8.61. The van der Waals surface area contributed by atoms with Gasteiger partial charge in [0, 0.05) is 26.3 Å². The normalized spacial score (nSPS) is 18.4. The van der Waals surface area contributed by atoms with E-state index >= 15 is 0 Å². The topological polar surface area (TPSA) is 71.4 Å². The van der Waals surface area contributed by atoms with E-state index in [0.717, 1.165) is 18.9 Å². The number of hydrogen-bond acceptors (Lipinski definition) is 3. The Hall–Kier alpha value is -1.90. The van der Waals surface area contributed by atoms with E-state index < -0.39 is 21.7 Å². The van der Waals surface area contributed by atoms with Gasteiger partial charge in [-0.25, -0.2) is 12.8 Å². The smallest absolute Gasteiger partial charge is 0.272 e. The predicted octanol–water partition coefficient (Wildman–Crippen LogP) is 3.49. The van der Waals surface area contributed by atoms with Crippen molar-refractivity contribution in [3.8, 4) is 0 Å². The molecule has 146 valence electrons. The number of amides is 1. The van der Waals surface area contributed by atoms with Crippen molar-refractivity contribution in [3.63, 3.8) is 0 Å². The molecule has 1 atom stereocenters. The lowest BCUT2D eigenvalue weighted by Gasteiger charge is -2.29. The van der Waals surface area contributed by atoms with Gasteiger partial charge in [-0.2, -0.15) is 4.31 Å². The van der Waals surface area contributed by atoms with Crippen LogP contribution in [0.25, 0.3) is 0 Å². The van der Waals surface area contributed by atoms with Crippen LogP contribution in [-0.2, 0) is 17.1 Å². The Balaban J connectivity index is 1.84. The monoisotopic (exact) mass is 413 g/mol. The van der Waals surface area contributed by atoms with Crippen molar-refractivity contribution in [3.05, 3.63) is 47.0 Å². The van der Waals surface area contributed by atoms with Gasteiger partial charge in [-0.15, -0.1) is 0 Å². The summed E-state index contributed by atoms with van der Waals surface area (Å²) in [7, 11) is -2.06. The molecule has 0 spiro atoms. The summed E-state index contributed by atoms with van der Waals surface area (Å²) >= 11 is 5.93. The molecule has 1 fully saturated rings. The molecule has 1 amide bonds. The Morgan fingerprint density at radius 3 is 2.74 bits per heavy atom. The molecule has 1 aliphatic heterocycles. The van der Waals surface area contributed by atoms with Gasteiger partial charge in [0.25, 0.3) is 5.91 Å². The molecule has 3 rings (SSSR count). The van der Waals surface area contributed by atoms with E-state index in [0.29, 0.717) is 19.0 Å². The number of benzene rings is 1. The second kappa shape index (κ2) is 7.61. The molecule has 9 heteroatoms.